The van der Waals surface area contributed by atoms with Gasteiger partial charge in [0.2, 0.25) is 0 Å². The standard InChI is InChI=1S/C29H36N4O2S/c1-6-25-29(36-25,33-27(34)35-28(3,4)5)26-18(2)15-23(17-32-26)21-9-7-19(8-10-21)20-11-13-22(14-12-20)24(31)16-30/h7-14,16-17,25,32H,6,15,30-31H2,1-5H3,(H,33,34)/b24-16-. The molecule has 2 aromatic rings. The van der Waals surface area contributed by atoms with Gasteiger partial charge < -0.3 is 26.8 Å². The maximum Gasteiger partial charge on any atom is 0.409 e. The van der Waals surface area contributed by atoms with Crippen LogP contribution in [0.2, 0.25) is 0 Å². The topological polar surface area (TPSA) is 102 Å². The number of nitrogens with one attached hydrogen (secondary N) is 2. The zero-order valence-electron chi connectivity index (χ0n) is 21.6. The Kier molecular flexibility index (Phi) is 7.14. The molecule has 2 unspecified atom stereocenters. The first-order valence-corrected chi connectivity index (χ1v) is 13.2. The van der Waals surface area contributed by atoms with Crippen molar-refractivity contribution in [2.45, 2.75) is 63.2 Å². The Hall–Kier alpha value is -3.32. The van der Waals surface area contributed by atoms with Crippen LogP contribution in [0.5, 0.6) is 0 Å². The Bertz CT molecular complexity index is 1220. The quantitative estimate of drug-likeness (QED) is 0.364. The smallest absolute Gasteiger partial charge is 0.409 e. The fraction of sp³-hybridized carbons (Fsp3) is 0.345. The highest BCUT2D eigenvalue weighted by Crippen LogP contribution is 2.58. The Labute approximate surface area is 218 Å². The summed E-state index contributed by atoms with van der Waals surface area (Å²) in [6.45, 7) is 9.92. The average Bonchev–Trinajstić information content (AvgIpc) is 3.55. The first-order chi connectivity index (χ1) is 17.1. The van der Waals surface area contributed by atoms with E-state index in [9.17, 15) is 4.79 Å². The van der Waals surface area contributed by atoms with Crippen LogP contribution < -0.4 is 22.1 Å². The predicted molar refractivity (Wildman–Crippen MR) is 150 cm³/mol. The first-order valence-electron chi connectivity index (χ1n) is 12.3. The van der Waals surface area contributed by atoms with Gasteiger partial charge >= 0.3 is 6.09 Å². The van der Waals surface area contributed by atoms with E-state index in [1.807, 2.05) is 32.9 Å². The Balaban J connectivity index is 1.48. The van der Waals surface area contributed by atoms with Crippen molar-refractivity contribution in [2.24, 2.45) is 11.5 Å². The van der Waals surface area contributed by atoms with Crippen molar-refractivity contribution >= 4 is 29.1 Å². The highest BCUT2D eigenvalue weighted by Gasteiger charge is 2.59. The molecule has 2 aliphatic heterocycles. The summed E-state index contributed by atoms with van der Waals surface area (Å²) in [5, 5.41) is 6.99. The van der Waals surface area contributed by atoms with Crippen LogP contribution in [-0.2, 0) is 4.74 Å². The van der Waals surface area contributed by atoms with Gasteiger partial charge in [-0.2, -0.15) is 0 Å². The molecule has 6 N–H and O–H groups in total. The number of amides is 1. The molecule has 6 nitrogen and oxygen atoms in total. The lowest BCUT2D eigenvalue weighted by molar-refractivity contribution is 0.0509. The van der Waals surface area contributed by atoms with Crippen LogP contribution >= 0.6 is 11.8 Å². The minimum atomic E-state index is -0.536. The molecule has 36 heavy (non-hydrogen) atoms. The lowest BCUT2D eigenvalue weighted by atomic mass is 9.92. The largest absolute Gasteiger partial charge is 0.444 e. The number of hydrogen-bond donors (Lipinski definition) is 4. The first kappa shape index (κ1) is 25.8. The minimum Gasteiger partial charge on any atom is -0.444 e. The SMILES string of the molecule is CCC1SC1(NC(=O)OC(C)(C)C)C1=C(C)CC(c2ccc(-c3ccc(/C(N)=C/N)cc3)cc2)=CN1. The third-order valence-corrected chi connectivity index (χ3v) is 8.09. The highest BCUT2D eigenvalue weighted by molar-refractivity contribution is 8.09. The number of benzene rings is 2. The highest BCUT2D eigenvalue weighted by atomic mass is 32.2. The van der Waals surface area contributed by atoms with E-state index in [1.54, 1.807) is 11.8 Å². The van der Waals surface area contributed by atoms with Crippen LogP contribution in [0.25, 0.3) is 22.4 Å². The van der Waals surface area contributed by atoms with E-state index in [0.717, 1.165) is 35.2 Å². The van der Waals surface area contributed by atoms with Gasteiger partial charge in [0.1, 0.15) is 10.5 Å². The van der Waals surface area contributed by atoms with E-state index in [0.29, 0.717) is 10.9 Å². The van der Waals surface area contributed by atoms with Gasteiger partial charge in [-0.25, -0.2) is 4.79 Å². The van der Waals surface area contributed by atoms with Crippen LogP contribution in [-0.4, -0.2) is 21.8 Å². The number of carbonyl (C=O) groups excluding carboxylic acids is 1. The normalized spacial score (nSPS) is 22.0. The fourth-order valence-corrected chi connectivity index (χ4v) is 5.94. The van der Waals surface area contributed by atoms with Crippen LogP contribution in [0, 0.1) is 0 Å². The number of nitrogens with two attached hydrogens (primary N) is 2. The van der Waals surface area contributed by atoms with Crippen molar-refractivity contribution in [1.82, 2.24) is 10.6 Å². The molecule has 2 aliphatic rings. The number of thioether (sulfide) groups is 1. The van der Waals surface area contributed by atoms with Crippen LogP contribution in [0.1, 0.15) is 58.6 Å². The van der Waals surface area contributed by atoms with Gasteiger partial charge in [-0.15, -0.1) is 11.8 Å². The summed E-state index contributed by atoms with van der Waals surface area (Å²) >= 11 is 1.77. The van der Waals surface area contributed by atoms with Crippen molar-refractivity contribution in [1.29, 1.82) is 0 Å². The zero-order valence-corrected chi connectivity index (χ0v) is 22.5. The summed E-state index contributed by atoms with van der Waals surface area (Å²) in [5.74, 6) is 0. The molecule has 0 spiro atoms. The lowest BCUT2D eigenvalue weighted by Gasteiger charge is -2.29. The Morgan fingerprint density at radius 3 is 2.22 bits per heavy atom. The van der Waals surface area contributed by atoms with E-state index in [-0.39, 0.29) is 6.09 Å². The molecule has 7 heteroatoms. The van der Waals surface area contributed by atoms with Gasteiger partial charge in [-0.3, -0.25) is 0 Å². The minimum absolute atomic E-state index is 0.318. The van der Waals surface area contributed by atoms with E-state index in [4.69, 9.17) is 16.2 Å². The van der Waals surface area contributed by atoms with E-state index < -0.39 is 10.5 Å². The molecule has 0 radical (unpaired) electrons. The summed E-state index contributed by atoms with van der Waals surface area (Å²) < 4.78 is 5.55. The summed E-state index contributed by atoms with van der Waals surface area (Å²) in [4.78, 5) is 12.1. The van der Waals surface area contributed by atoms with Crippen molar-refractivity contribution in [2.75, 3.05) is 0 Å². The number of allylic oxidation sites excluding steroid dienone is 2. The van der Waals surface area contributed by atoms with Crippen molar-refractivity contribution < 1.29 is 9.53 Å². The lowest BCUT2D eigenvalue weighted by Crippen LogP contribution is -2.46. The summed E-state index contributed by atoms with van der Waals surface area (Å²) in [5.41, 5.74) is 19.3. The number of ether oxygens (including phenoxy) is 1. The summed E-state index contributed by atoms with van der Waals surface area (Å²) in [6, 6.07) is 16.6. The molecule has 0 saturated carbocycles. The predicted octanol–water partition coefficient (Wildman–Crippen LogP) is 5.92. The molecule has 2 heterocycles. The van der Waals surface area contributed by atoms with Gasteiger partial charge in [-0.05, 0) is 73.9 Å². The molecule has 0 aromatic heterocycles. The van der Waals surface area contributed by atoms with Gasteiger partial charge in [0.25, 0.3) is 0 Å². The average molecular weight is 505 g/mol. The van der Waals surface area contributed by atoms with Crippen LogP contribution in [0.3, 0.4) is 0 Å². The molecule has 0 bridgehead atoms. The fourth-order valence-electron chi connectivity index (χ4n) is 4.55. The van der Waals surface area contributed by atoms with E-state index in [2.05, 4.69) is 67.1 Å². The van der Waals surface area contributed by atoms with Crippen molar-refractivity contribution in [3.63, 3.8) is 0 Å². The summed E-state index contributed by atoms with van der Waals surface area (Å²) in [7, 11) is 0. The molecule has 4 rings (SSSR count). The molecule has 1 fully saturated rings. The number of hydrogen-bond acceptors (Lipinski definition) is 6. The molecule has 2 atom stereocenters. The second kappa shape index (κ2) is 9.97. The van der Waals surface area contributed by atoms with Gasteiger partial charge in [-0.1, -0.05) is 55.5 Å². The van der Waals surface area contributed by atoms with Crippen molar-refractivity contribution in [3.8, 4) is 11.1 Å². The molecule has 1 amide bonds. The van der Waals surface area contributed by atoms with Gasteiger partial charge in [0.05, 0.1) is 11.4 Å². The van der Waals surface area contributed by atoms with Crippen LogP contribution in [0.15, 0.2) is 72.2 Å². The second-order valence-electron chi connectivity index (χ2n) is 10.3. The van der Waals surface area contributed by atoms with Gasteiger partial charge in [0.15, 0.2) is 0 Å². The van der Waals surface area contributed by atoms with Crippen molar-refractivity contribution in [3.05, 3.63) is 83.3 Å². The maximum atomic E-state index is 12.6. The van der Waals surface area contributed by atoms with Crippen LogP contribution in [0.4, 0.5) is 4.79 Å². The molecular weight excluding hydrogens is 468 g/mol. The number of dihydropyridines is 1. The Morgan fingerprint density at radius 1 is 1.14 bits per heavy atom. The van der Waals surface area contributed by atoms with Gasteiger partial charge in [0, 0.05) is 17.6 Å². The Morgan fingerprint density at radius 2 is 1.72 bits per heavy atom. The number of alkyl carbamates (subject to hydrolysis) is 1. The molecule has 190 valence electrons. The maximum absolute atomic E-state index is 12.6. The van der Waals surface area contributed by atoms with E-state index in [1.165, 1.54) is 22.9 Å². The van der Waals surface area contributed by atoms with E-state index >= 15 is 0 Å². The molecular formula is C29H36N4O2S. The summed E-state index contributed by atoms with van der Waals surface area (Å²) in [6.07, 6.45) is 4.88. The number of carbonyl (C=O) groups is 1. The second-order valence-corrected chi connectivity index (χ2v) is 11.7. The zero-order chi connectivity index (χ0) is 26.1. The number of rotatable bonds is 6. The monoisotopic (exact) mass is 504 g/mol. The molecule has 0 aliphatic carbocycles. The molecule has 2 aromatic carbocycles. The third-order valence-electron chi connectivity index (χ3n) is 6.41. The third kappa shape index (κ3) is 5.41. The molecule has 1 saturated heterocycles.